The normalized spacial score (nSPS) is 38.5. The van der Waals surface area contributed by atoms with Crippen LogP contribution in [0.15, 0.2) is 0 Å². The molecule has 0 amide bonds. The molecule has 1 fully saturated rings. The molecule has 0 bridgehead atoms. The van der Waals surface area contributed by atoms with Crippen LogP contribution in [0.25, 0.3) is 0 Å². The largest absolute Gasteiger partial charge is 0.481 e. The number of hydrogen-bond donors (Lipinski definition) is 3. The average molecular weight is 159 g/mol. The molecule has 0 unspecified atom stereocenters. The van der Waals surface area contributed by atoms with Gasteiger partial charge in [-0.3, -0.25) is 4.79 Å². The molecule has 1 saturated carbocycles. The molecule has 0 radical (unpaired) electrons. The number of nitrogens with two attached hydrogens (primary N) is 1. The Labute approximate surface area is 65.0 Å². The van der Waals surface area contributed by atoms with Crippen LogP contribution >= 0.6 is 0 Å². The van der Waals surface area contributed by atoms with Crippen LogP contribution < -0.4 is 5.73 Å². The van der Waals surface area contributed by atoms with Gasteiger partial charge in [-0.2, -0.15) is 0 Å². The zero-order valence-electron chi connectivity index (χ0n) is 6.23. The minimum atomic E-state index is -0.799. The third-order valence-corrected chi connectivity index (χ3v) is 2.21. The lowest BCUT2D eigenvalue weighted by molar-refractivity contribution is -0.143. The fourth-order valence-electron chi connectivity index (χ4n) is 1.41. The number of aliphatic carboxylic acids is 1. The Morgan fingerprint density at radius 1 is 1.45 bits per heavy atom. The van der Waals surface area contributed by atoms with Gasteiger partial charge in [0.05, 0.1) is 12.0 Å². The van der Waals surface area contributed by atoms with Crippen molar-refractivity contribution in [3.05, 3.63) is 0 Å². The molecule has 0 heterocycles. The van der Waals surface area contributed by atoms with Gasteiger partial charge in [0, 0.05) is 6.04 Å². The number of hydrogen-bond acceptors (Lipinski definition) is 3. The van der Waals surface area contributed by atoms with Gasteiger partial charge in [-0.15, -0.1) is 0 Å². The van der Waals surface area contributed by atoms with Crippen molar-refractivity contribution >= 4 is 5.97 Å². The Bertz CT molecular complexity index is 160. The standard InChI is InChI=1S/C7H13NO3/c8-5-3-4(7(10)11)1-2-6(5)9/h4-6,9H,1-3,8H2,(H,10,11)/t4-,5-,6+/m0/s1. The molecule has 4 N–H and O–H groups in total. The maximum atomic E-state index is 10.5. The second kappa shape index (κ2) is 3.19. The summed E-state index contributed by atoms with van der Waals surface area (Å²) in [7, 11) is 0. The zero-order valence-corrected chi connectivity index (χ0v) is 6.23. The average Bonchev–Trinajstić information content (AvgIpc) is 1.94. The Morgan fingerprint density at radius 2 is 2.09 bits per heavy atom. The number of carboxylic acid groups (broad SMARTS) is 1. The van der Waals surface area contributed by atoms with Gasteiger partial charge in [0.25, 0.3) is 0 Å². The molecule has 0 spiro atoms. The summed E-state index contributed by atoms with van der Waals surface area (Å²) in [6, 6.07) is -0.357. The van der Waals surface area contributed by atoms with Gasteiger partial charge in [0.1, 0.15) is 0 Å². The van der Waals surface area contributed by atoms with Crippen LogP contribution in [-0.2, 0) is 4.79 Å². The first-order chi connectivity index (χ1) is 5.11. The maximum Gasteiger partial charge on any atom is 0.306 e. The number of carboxylic acids is 1. The van der Waals surface area contributed by atoms with Crippen molar-refractivity contribution in [3.8, 4) is 0 Å². The van der Waals surface area contributed by atoms with Gasteiger partial charge in [0.15, 0.2) is 0 Å². The smallest absolute Gasteiger partial charge is 0.306 e. The van der Waals surface area contributed by atoms with Crippen molar-refractivity contribution in [2.24, 2.45) is 11.7 Å². The van der Waals surface area contributed by atoms with E-state index in [4.69, 9.17) is 15.9 Å². The summed E-state index contributed by atoms with van der Waals surface area (Å²) in [5.41, 5.74) is 5.49. The van der Waals surface area contributed by atoms with E-state index in [0.717, 1.165) is 0 Å². The summed E-state index contributed by atoms with van der Waals surface area (Å²) in [6.45, 7) is 0. The van der Waals surface area contributed by atoms with Crippen LogP contribution in [0.1, 0.15) is 19.3 Å². The molecule has 4 heteroatoms. The molecule has 0 aromatic carbocycles. The summed E-state index contributed by atoms with van der Waals surface area (Å²) < 4.78 is 0. The van der Waals surface area contributed by atoms with Crippen LogP contribution in [0.5, 0.6) is 0 Å². The number of aliphatic hydroxyl groups excluding tert-OH is 1. The van der Waals surface area contributed by atoms with E-state index in [1.165, 1.54) is 0 Å². The molecular formula is C7H13NO3. The topological polar surface area (TPSA) is 83.6 Å². The van der Waals surface area contributed by atoms with E-state index in [9.17, 15) is 4.79 Å². The van der Waals surface area contributed by atoms with Crippen LogP contribution in [0.3, 0.4) is 0 Å². The minimum Gasteiger partial charge on any atom is -0.481 e. The van der Waals surface area contributed by atoms with Crippen LogP contribution in [-0.4, -0.2) is 28.3 Å². The van der Waals surface area contributed by atoms with Crippen molar-refractivity contribution in [1.82, 2.24) is 0 Å². The monoisotopic (exact) mass is 159 g/mol. The van der Waals surface area contributed by atoms with Gasteiger partial charge >= 0.3 is 5.97 Å². The van der Waals surface area contributed by atoms with Gasteiger partial charge in [-0.1, -0.05) is 0 Å². The SMILES string of the molecule is N[C@H]1C[C@@H](C(=O)O)CC[C@H]1O. The molecule has 1 aliphatic carbocycles. The summed E-state index contributed by atoms with van der Waals surface area (Å²) in [6.07, 6.45) is 0.948. The molecule has 4 nitrogen and oxygen atoms in total. The number of rotatable bonds is 1. The fourth-order valence-corrected chi connectivity index (χ4v) is 1.41. The summed E-state index contributed by atoms with van der Waals surface area (Å²) in [4.78, 5) is 10.5. The Kier molecular flexibility index (Phi) is 2.46. The van der Waals surface area contributed by atoms with Gasteiger partial charge in [-0.05, 0) is 19.3 Å². The molecule has 11 heavy (non-hydrogen) atoms. The van der Waals surface area contributed by atoms with Crippen molar-refractivity contribution < 1.29 is 15.0 Å². The second-order valence-electron chi connectivity index (χ2n) is 3.08. The lowest BCUT2D eigenvalue weighted by Crippen LogP contribution is -2.42. The molecule has 1 aliphatic rings. The molecule has 0 saturated heterocycles. The van der Waals surface area contributed by atoms with Gasteiger partial charge in [0.2, 0.25) is 0 Å². The first-order valence-corrected chi connectivity index (χ1v) is 3.77. The molecular weight excluding hydrogens is 146 g/mol. The summed E-state index contributed by atoms with van der Waals surface area (Å²) in [5, 5.41) is 17.8. The zero-order chi connectivity index (χ0) is 8.43. The van der Waals surface area contributed by atoms with Crippen molar-refractivity contribution in [2.75, 3.05) is 0 Å². The molecule has 1 rings (SSSR count). The first kappa shape index (κ1) is 8.49. The molecule has 0 aromatic rings. The Morgan fingerprint density at radius 3 is 2.55 bits per heavy atom. The lowest BCUT2D eigenvalue weighted by atomic mass is 9.84. The van der Waals surface area contributed by atoms with E-state index in [-0.39, 0.29) is 12.0 Å². The minimum absolute atomic E-state index is 0.353. The molecule has 0 aromatic heterocycles. The predicted octanol–water partition coefficient (Wildman–Crippen LogP) is -0.441. The highest BCUT2D eigenvalue weighted by Gasteiger charge is 2.30. The van der Waals surface area contributed by atoms with E-state index in [1.807, 2.05) is 0 Å². The summed E-state index contributed by atoms with van der Waals surface area (Å²) in [5.74, 6) is -1.15. The van der Waals surface area contributed by atoms with E-state index in [0.29, 0.717) is 19.3 Å². The quantitative estimate of drug-likeness (QED) is 0.484. The van der Waals surface area contributed by atoms with Gasteiger partial charge in [-0.25, -0.2) is 0 Å². The van der Waals surface area contributed by atoms with Gasteiger partial charge < -0.3 is 15.9 Å². The predicted molar refractivity (Wildman–Crippen MR) is 39.0 cm³/mol. The van der Waals surface area contributed by atoms with E-state index in [2.05, 4.69) is 0 Å². The van der Waals surface area contributed by atoms with Crippen molar-refractivity contribution in [3.63, 3.8) is 0 Å². The highest BCUT2D eigenvalue weighted by Crippen LogP contribution is 2.23. The van der Waals surface area contributed by atoms with Crippen LogP contribution in [0.2, 0.25) is 0 Å². The van der Waals surface area contributed by atoms with E-state index in [1.54, 1.807) is 0 Å². The highest BCUT2D eigenvalue weighted by molar-refractivity contribution is 5.70. The van der Waals surface area contributed by atoms with Crippen molar-refractivity contribution in [1.29, 1.82) is 0 Å². The summed E-state index contributed by atoms with van der Waals surface area (Å²) >= 11 is 0. The van der Waals surface area contributed by atoms with Crippen LogP contribution in [0.4, 0.5) is 0 Å². The lowest BCUT2D eigenvalue weighted by Gasteiger charge is -2.28. The third-order valence-electron chi connectivity index (χ3n) is 2.21. The fraction of sp³-hybridized carbons (Fsp3) is 0.857. The van der Waals surface area contributed by atoms with Crippen LogP contribution in [0, 0.1) is 5.92 Å². The third kappa shape index (κ3) is 1.91. The maximum absolute atomic E-state index is 10.5. The van der Waals surface area contributed by atoms with Crippen molar-refractivity contribution in [2.45, 2.75) is 31.4 Å². The second-order valence-corrected chi connectivity index (χ2v) is 3.08. The molecule has 0 aliphatic heterocycles. The Hall–Kier alpha value is -0.610. The molecule has 3 atom stereocenters. The Balaban J connectivity index is 2.46. The first-order valence-electron chi connectivity index (χ1n) is 3.77. The van der Waals surface area contributed by atoms with E-state index >= 15 is 0 Å². The van der Waals surface area contributed by atoms with E-state index < -0.39 is 12.1 Å². The number of aliphatic hydroxyl groups is 1. The highest BCUT2D eigenvalue weighted by atomic mass is 16.4. The molecule has 64 valence electrons. The number of carbonyl (C=O) groups is 1.